The highest BCUT2D eigenvalue weighted by molar-refractivity contribution is 9.10. The average Bonchev–Trinajstić information content (AvgIpc) is 2.42. The van der Waals surface area contributed by atoms with E-state index in [1.165, 1.54) is 0 Å². The normalized spacial score (nSPS) is 11.3. The molecule has 0 fully saturated rings. The van der Waals surface area contributed by atoms with Crippen molar-refractivity contribution in [3.8, 4) is 11.6 Å². The van der Waals surface area contributed by atoms with Crippen molar-refractivity contribution in [3.63, 3.8) is 0 Å². The lowest BCUT2D eigenvalue weighted by Gasteiger charge is -2.12. The molecule has 2 aromatic rings. The highest BCUT2D eigenvalue weighted by atomic mass is 79.9. The minimum Gasteiger partial charge on any atom is -0.438 e. The van der Waals surface area contributed by atoms with Gasteiger partial charge in [0.15, 0.2) is 5.82 Å². The molecule has 0 aliphatic rings. The van der Waals surface area contributed by atoms with Crippen LogP contribution in [0.2, 0.25) is 0 Å². The molecule has 2 rings (SSSR count). The van der Waals surface area contributed by atoms with Crippen LogP contribution in [0.3, 0.4) is 0 Å². The number of anilines is 1. The van der Waals surface area contributed by atoms with Gasteiger partial charge in [-0.25, -0.2) is 20.2 Å². The van der Waals surface area contributed by atoms with Crippen LogP contribution in [-0.2, 0) is 6.18 Å². The SMILES string of the molecule is NNc1ncnc(Oc2ccc(F)c(C(F)(F)F)c2)c1Br. The molecule has 0 amide bonds. The molecular formula is C11H7BrF4N4O. The van der Waals surface area contributed by atoms with Crippen LogP contribution < -0.4 is 16.0 Å². The number of ether oxygens (including phenoxy) is 1. The lowest BCUT2D eigenvalue weighted by Crippen LogP contribution is -2.10. The van der Waals surface area contributed by atoms with E-state index in [0.717, 1.165) is 12.4 Å². The van der Waals surface area contributed by atoms with Crippen LogP contribution in [0, 0.1) is 5.82 Å². The number of alkyl halides is 3. The second kappa shape index (κ2) is 5.82. The molecule has 0 unspecified atom stereocenters. The van der Waals surface area contributed by atoms with Crippen LogP contribution in [0.4, 0.5) is 23.4 Å². The molecule has 5 nitrogen and oxygen atoms in total. The second-order valence-corrected chi connectivity index (χ2v) is 4.52. The number of nitrogens with two attached hydrogens (primary N) is 1. The van der Waals surface area contributed by atoms with E-state index in [1.54, 1.807) is 0 Å². The fourth-order valence-corrected chi connectivity index (χ4v) is 1.82. The average molecular weight is 367 g/mol. The van der Waals surface area contributed by atoms with E-state index in [4.69, 9.17) is 10.6 Å². The summed E-state index contributed by atoms with van der Waals surface area (Å²) in [5.41, 5.74) is 0.820. The van der Waals surface area contributed by atoms with Gasteiger partial charge in [-0.3, -0.25) is 0 Å². The smallest absolute Gasteiger partial charge is 0.419 e. The first-order valence-electron chi connectivity index (χ1n) is 5.34. The van der Waals surface area contributed by atoms with Crippen molar-refractivity contribution in [1.82, 2.24) is 9.97 Å². The van der Waals surface area contributed by atoms with E-state index in [1.807, 2.05) is 0 Å². The molecular weight excluding hydrogens is 360 g/mol. The Bertz CT molecular complexity index is 665. The van der Waals surface area contributed by atoms with Gasteiger partial charge >= 0.3 is 6.18 Å². The maximum absolute atomic E-state index is 13.2. The molecule has 0 saturated heterocycles. The van der Waals surface area contributed by atoms with E-state index in [-0.39, 0.29) is 21.9 Å². The zero-order valence-corrected chi connectivity index (χ0v) is 11.7. The van der Waals surface area contributed by atoms with Crippen molar-refractivity contribution < 1.29 is 22.3 Å². The van der Waals surface area contributed by atoms with Gasteiger partial charge in [-0.05, 0) is 34.1 Å². The van der Waals surface area contributed by atoms with E-state index in [2.05, 4.69) is 31.3 Å². The third-order valence-electron chi connectivity index (χ3n) is 2.35. The molecule has 21 heavy (non-hydrogen) atoms. The number of hydrazine groups is 1. The first-order valence-corrected chi connectivity index (χ1v) is 6.14. The summed E-state index contributed by atoms with van der Waals surface area (Å²) < 4.78 is 56.4. The van der Waals surface area contributed by atoms with Crippen LogP contribution in [0.5, 0.6) is 11.6 Å². The van der Waals surface area contributed by atoms with Gasteiger partial charge in [-0.1, -0.05) is 0 Å². The summed E-state index contributed by atoms with van der Waals surface area (Å²) in [6.07, 6.45) is -3.72. The fourth-order valence-electron chi connectivity index (χ4n) is 1.42. The van der Waals surface area contributed by atoms with Crippen molar-refractivity contribution >= 4 is 21.7 Å². The number of hydrogen-bond donors (Lipinski definition) is 2. The third-order valence-corrected chi connectivity index (χ3v) is 3.07. The Morgan fingerprint density at radius 1 is 1.24 bits per heavy atom. The summed E-state index contributed by atoms with van der Waals surface area (Å²) >= 11 is 3.08. The minimum absolute atomic E-state index is 0.0716. The second-order valence-electron chi connectivity index (χ2n) is 3.73. The largest absolute Gasteiger partial charge is 0.438 e. The van der Waals surface area contributed by atoms with Gasteiger partial charge in [0.25, 0.3) is 0 Å². The van der Waals surface area contributed by atoms with Crippen LogP contribution in [0.1, 0.15) is 5.56 Å². The zero-order chi connectivity index (χ0) is 15.6. The highest BCUT2D eigenvalue weighted by Gasteiger charge is 2.34. The molecule has 0 radical (unpaired) electrons. The van der Waals surface area contributed by atoms with Crippen molar-refractivity contribution in [2.45, 2.75) is 6.18 Å². The maximum atomic E-state index is 13.2. The van der Waals surface area contributed by atoms with Crippen molar-refractivity contribution in [2.75, 3.05) is 5.43 Å². The summed E-state index contributed by atoms with van der Waals surface area (Å²) in [5.74, 6) is 3.68. The predicted molar refractivity (Wildman–Crippen MR) is 69.0 cm³/mol. The molecule has 0 spiro atoms. The molecule has 3 N–H and O–H groups in total. The van der Waals surface area contributed by atoms with Gasteiger partial charge in [0.2, 0.25) is 5.88 Å². The summed E-state index contributed by atoms with van der Waals surface area (Å²) in [6.45, 7) is 0. The number of halogens is 5. The Balaban J connectivity index is 2.37. The molecule has 0 aliphatic heterocycles. The van der Waals surface area contributed by atoms with E-state index in [9.17, 15) is 17.6 Å². The molecule has 10 heteroatoms. The topological polar surface area (TPSA) is 73.1 Å². The van der Waals surface area contributed by atoms with Gasteiger partial charge in [-0.15, -0.1) is 0 Å². The third kappa shape index (κ3) is 3.39. The molecule has 0 aliphatic carbocycles. The van der Waals surface area contributed by atoms with Crippen molar-refractivity contribution in [3.05, 3.63) is 40.4 Å². The van der Waals surface area contributed by atoms with Crippen LogP contribution >= 0.6 is 15.9 Å². The van der Waals surface area contributed by atoms with E-state index < -0.39 is 17.6 Å². The molecule has 0 atom stereocenters. The molecule has 1 aromatic carbocycles. The summed E-state index contributed by atoms with van der Waals surface area (Å²) in [6, 6.07) is 2.25. The number of nitrogens with zero attached hydrogens (tertiary/aromatic N) is 2. The molecule has 0 saturated carbocycles. The number of rotatable bonds is 3. The Hall–Kier alpha value is -1.94. The number of hydrogen-bond acceptors (Lipinski definition) is 5. The zero-order valence-electron chi connectivity index (χ0n) is 10.1. The van der Waals surface area contributed by atoms with E-state index in [0.29, 0.717) is 12.1 Å². The number of benzene rings is 1. The van der Waals surface area contributed by atoms with Gasteiger partial charge in [0.05, 0.1) is 5.56 Å². The Morgan fingerprint density at radius 3 is 2.57 bits per heavy atom. The molecule has 1 aromatic heterocycles. The number of nitrogen functional groups attached to an aromatic ring is 1. The number of nitrogens with one attached hydrogen (secondary N) is 1. The Labute approximate surface area is 124 Å². The predicted octanol–water partition coefficient (Wildman–Crippen LogP) is 3.47. The quantitative estimate of drug-likeness (QED) is 0.494. The Kier molecular flexibility index (Phi) is 4.28. The first kappa shape index (κ1) is 15.4. The Morgan fingerprint density at radius 2 is 1.95 bits per heavy atom. The van der Waals surface area contributed by atoms with Crippen LogP contribution in [0.15, 0.2) is 29.0 Å². The van der Waals surface area contributed by atoms with Crippen molar-refractivity contribution in [1.29, 1.82) is 0 Å². The fraction of sp³-hybridized carbons (Fsp3) is 0.0909. The lowest BCUT2D eigenvalue weighted by molar-refractivity contribution is -0.140. The minimum atomic E-state index is -4.82. The van der Waals surface area contributed by atoms with Gasteiger partial charge in [0, 0.05) is 0 Å². The summed E-state index contributed by atoms with van der Waals surface area (Å²) in [4.78, 5) is 7.50. The van der Waals surface area contributed by atoms with Gasteiger partial charge < -0.3 is 10.2 Å². The lowest BCUT2D eigenvalue weighted by atomic mass is 10.2. The van der Waals surface area contributed by atoms with Crippen LogP contribution in [-0.4, -0.2) is 9.97 Å². The number of aromatic nitrogens is 2. The summed E-state index contributed by atoms with van der Waals surface area (Å²) in [5, 5.41) is 0. The highest BCUT2D eigenvalue weighted by Crippen LogP contribution is 2.36. The summed E-state index contributed by atoms with van der Waals surface area (Å²) in [7, 11) is 0. The van der Waals surface area contributed by atoms with Gasteiger partial charge in [0.1, 0.15) is 22.4 Å². The maximum Gasteiger partial charge on any atom is 0.419 e. The standard InChI is InChI=1S/C11H7BrF4N4O/c12-8-9(20-17)18-4-19-10(8)21-5-1-2-7(13)6(3-5)11(14,15)16/h1-4H,17H2,(H,18,19,20). The van der Waals surface area contributed by atoms with Crippen LogP contribution in [0.25, 0.3) is 0 Å². The van der Waals surface area contributed by atoms with Gasteiger partial charge in [-0.2, -0.15) is 13.2 Å². The van der Waals surface area contributed by atoms with Crippen molar-refractivity contribution in [2.24, 2.45) is 5.84 Å². The molecule has 112 valence electrons. The van der Waals surface area contributed by atoms with E-state index >= 15 is 0 Å². The monoisotopic (exact) mass is 366 g/mol. The first-order chi connectivity index (χ1) is 9.82. The molecule has 0 bridgehead atoms. The molecule has 1 heterocycles.